The van der Waals surface area contributed by atoms with Crippen molar-refractivity contribution in [2.75, 3.05) is 6.54 Å². The Labute approximate surface area is 133 Å². The highest BCUT2D eigenvalue weighted by Crippen LogP contribution is 2.27. The highest BCUT2D eigenvalue weighted by atomic mass is 32.2. The Bertz CT molecular complexity index is 602. The van der Waals surface area contributed by atoms with Gasteiger partial charge >= 0.3 is 5.97 Å². The minimum absolute atomic E-state index is 0.0507. The van der Waals surface area contributed by atoms with Crippen LogP contribution in [0, 0.1) is 6.92 Å². The largest absolute Gasteiger partial charge is 0.480 e. The normalized spacial score (nSPS) is 19.3. The summed E-state index contributed by atoms with van der Waals surface area (Å²) in [6.45, 7) is 3.71. The lowest BCUT2D eigenvalue weighted by molar-refractivity contribution is -0.148. The van der Waals surface area contributed by atoms with Crippen LogP contribution in [0.1, 0.15) is 24.5 Å². The van der Waals surface area contributed by atoms with E-state index in [-0.39, 0.29) is 29.1 Å². The van der Waals surface area contributed by atoms with E-state index in [0.29, 0.717) is 6.54 Å². The Balaban J connectivity index is 2.13. The van der Waals surface area contributed by atoms with Crippen LogP contribution in [-0.2, 0) is 20.8 Å². The average Bonchev–Trinajstić information content (AvgIpc) is 2.75. The van der Waals surface area contributed by atoms with Crippen molar-refractivity contribution in [3.63, 3.8) is 0 Å². The molecule has 0 spiro atoms. The number of amides is 1. The Kier molecular flexibility index (Phi) is 5.24. The van der Waals surface area contributed by atoms with E-state index in [0.717, 1.165) is 22.9 Å². The van der Waals surface area contributed by atoms with E-state index >= 15 is 0 Å². The van der Waals surface area contributed by atoms with E-state index < -0.39 is 12.0 Å². The summed E-state index contributed by atoms with van der Waals surface area (Å²) in [5.74, 6) is -1.21. The van der Waals surface area contributed by atoms with Gasteiger partial charge in [-0.2, -0.15) is 0 Å². The summed E-state index contributed by atoms with van der Waals surface area (Å²) in [6, 6.07) is 6.74. The molecule has 1 saturated heterocycles. The van der Waals surface area contributed by atoms with Crippen molar-refractivity contribution in [3.8, 4) is 0 Å². The number of carboxylic acid groups (broad SMARTS) is 1. The molecular formula is C16H19NO4S. The van der Waals surface area contributed by atoms with Crippen LogP contribution in [0.3, 0.4) is 0 Å². The highest BCUT2D eigenvalue weighted by Gasteiger charge is 2.38. The summed E-state index contributed by atoms with van der Waals surface area (Å²) in [5.41, 5.74) is 1.95. The Hall–Kier alpha value is -1.82. The molecule has 1 aromatic carbocycles. The zero-order valence-corrected chi connectivity index (χ0v) is 13.4. The molecule has 1 aromatic rings. The van der Waals surface area contributed by atoms with Gasteiger partial charge in [0.1, 0.15) is 6.04 Å². The number of nitrogens with zero attached hydrogens (tertiary/aromatic N) is 1. The van der Waals surface area contributed by atoms with Crippen molar-refractivity contribution >= 4 is 28.8 Å². The summed E-state index contributed by atoms with van der Waals surface area (Å²) < 4.78 is 0. The zero-order valence-electron chi connectivity index (χ0n) is 12.6. The summed E-state index contributed by atoms with van der Waals surface area (Å²) in [4.78, 5) is 36.2. The molecule has 1 unspecified atom stereocenters. The van der Waals surface area contributed by atoms with Gasteiger partial charge in [0.25, 0.3) is 0 Å². The number of hydrogen-bond acceptors (Lipinski definition) is 4. The number of carboxylic acids is 1. The van der Waals surface area contributed by atoms with Crippen molar-refractivity contribution in [2.45, 2.75) is 38.0 Å². The lowest BCUT2D eigenvalue weighted by atomic mass is 10.0. The minimum atomic E-state index is -1.01. The standard InChI is InChI=1S/C16H19NO4S/c1-10-4-3-5-12(6-10)7-14(16(20)21)17-9-13(8-15(17)19)22-11(2)18/h3-6,13-14H,7-9H2,1-2H3,(H,20,21)/t13?,14-/m0/s1. The third kappa shape index (κ3) is 4.10. The number of thioether (sulfide) groups is 1. The maximum absolute atomic E-state index is 12.1. The molecule has 22 heavy (non-hydrogen) atoms. The van der Waals surface area contributed by atoms with E-state index in [4.69, 9.17) is 0 Å². The minimum Gasteiger partial charge on any atom is -0.480 e. The first-order valence-electron chi connectivity index (χ1n) is 7.12. The van der Waals surface area contributed by atoms with Gasteiger partial charge in [0.05, 0.1) is 0 Å². The maximum atomic E-state index is 12.1. The molecule has 2 atom stereocenters. The molecule has 1 heterocycles. The topological polar surface area (TPSA) is 74.7 Å². The van der Waals surface area contributed by atoms with Gasteiger partial charge in [0, 0.05) is 31.6 Å². The van der Waals surface area contributed by atoms with E-state index in [9.17, 15) is 19.5 Å². The summed E-state index contributed by atoms with van der Waals surface area (Å²) in [7, 11) is 0. The molecule has 1 amide bonds. The first-order valence-corrected chi connectivity index (χ1v) is 8.00. The Morgan fingerprint density at radius 3 is 2.77 bits per heavy atom. The van der Waals surface area contributed by atoms with E-state index in [2.05, 4.69) is 0 Å². The van der Waals surface area contributed by atoms with Gasteiger partial charge in [-0.05, 0) is 12.5 Å². The van der Waals surface area contributed by atoms with E-state index in [1.807, 2.05) is 31.2 Å². The number of benzene rings is 1. The van der Waals surface area contributed by atoms with Crippen LogP contribution in [0.25, 0.3) is 0 Å². The van der Waals surface area contributed by atoms with Crippen LogP contribution in [0.15, 0.2) is 24.3 Å². The fourth-order valence-electron chi connectivity index (χ4n) is 2.71. The highest BCUT2D eigenvalue weighted by molar-refractivity contribution is 8.14. The molecule has 0 aromatic heterocycles. The Morgan fingerprint density at radius 2 is 2.18 bits per heavy atom. The first-order chi connectivity index (χ1) is 10.4. The van der Waals surface area contributed by atoms with Crippen molar-refractivity contribution in [1.82, 2.24) is 4.90 Å². The second-order valence-electron chi connectivity index (χ2n) is 5.53. The van der Waals surface area contributed by atoms with E-state index in [1.54, 1.807) is 0 Å². The van der Waals surface area contributed by atoms with Crippen molar-refractivity contribution < 1.29 is 19.5 Å². The van der Waals surface area contributed by atoms with Gasteiger partial charge in [-0.25, -0.2) is 4.79 Å². The smallest absolute Gasteiger partial charge is 0.326 e. The van der Waals surface area contributed by atoms with Crippen LogP contribution in [-0.4, -0.2) is 44.8 Å². The fraction of sp³-hybridized carbons (Fsp3) is 0.438. The molecule has 5 nitrogen and oxygen atoms in total. The molecule has 1 aliphatic heterocycles. The molecular weight excluding hydrogens is 302 g/mol. The molecule has 0 bridgehead atoms. The SMILES string of the molecule is CC(=O)SC1CC(=O)N([C@@H](Cc2cccc(C)c2)C(=O)O)C1. The first kappa shape index (κ1) is 16.5. The van der Waals surface area contributed by atoms with Gasteiger partial charge in [0.15, 0.2) is 5.12 Å². The number of likely N-dealkylation sites (tertiary alicyclic amines) is 1. The zero-order chi connectivity index (χ0) is 16.3. The molecule has 0 radical (unpaired) electrons. The maximum Gasteiger partial charge on any atom is 0.326 e. The molecule has 118 valence electrons. The average molecular weight is 321 g/mol. The number of hydrogen-bond donors (Lipinski definition) is 1. The molecule has 0 saturated carbocycles. The predicted octanol–water partition coefficient (Wildman–Crippen LogP) is 1.87. The summed E-state index contributed by atoms with van der Waals surface area (Å²) in [5, 5.41) is 9.28. The summed E-state index contributed by atoms with van der Waals surface area (Å²) >= 11 is 1.11. The quantitative estimate of drug-likeness (QED) is 0.896. The number of rotatable bonds is 5. The fourth-order valence-corrected chi connectivity index (χ4v) is 3.64. The second-order valence-corrected chi connectivity index (χ2v) is 7.01. The lowest BCUT2D eigenvalue weighted by Gasteiger charge is -2.24. The number of carbonyl (C=O) groups excluding carboxylic acids is 2. The summed E-state index contributed by atoms with van der Waals surface area (Å²) in [6.07, 6.45) is 0.502. The third-order valence-electron chi connectivity index (χ3n) is 3.63. The van der Waals surface area contributed by atoms with Crippen molar-refractivity contribution in [3.05, 3.63) is 35.4 Å². The monoisotopic (exact) mass is 321 g/mol. The molecule has 1 fully saturated rings. The second kappa shape index (κ2) is 6.96. The van der Waals surface area contributed by atoms with Gasteiger partial charge in [-0.1, -0.05) is 41.6 Å². The number of carbonyl (C=O) groups is 3. The molecule has 1 aliphatic rings. The van der Waals surface area contributed by atoms with Crippen LogP contribution in [0.2, 0.25) is 0 Å². The van der Waals surface area contributed by atoms with Crippen LogP contribution in [0.5, 0.6) is 0 Å². The predicted molar refractivity (Wildman–Crippen MR) is 84.7 cm³/mol. The van der Waals surface area contributed by atoms with Crippen LogP contribution >= 0.6 is 11.8 Å². The lowest BCUT2D eigenvalue weighted by Crippen LogP contribution is -2.43. The number of aliphatic carboxylic acids is 1. The molecule has 6 heteroatoms. The molecule has 0 aliphatic carbocycles. The van der Waals surface area contributed by atoms with Gasteiger partial charge in [-0.3, -0.25) is 9.59 Å². The van der Waals surface area contributed by atoms with Crippen molar-refractivity contribution in [1.29, 1.82) is 0 Å². The molecule has 1 N–H and O–H groups in total. The van der Waals surface area contributed by atoms with E-state index in [1.165, 1.54) is 11.8 Å². The van der Waals surface area contributed by atoms with Gasteiger partial charge in [0.2, 0.25) is 5.91 Å². The van der Waals surface area contributed by atoms with Crippen molar-refractivity contribution in [2.24, 2.45) is 0 Å². The van der Waals surface area contributed by atoms with Crippen LogP contribution < -0.4 is 0 Å². The number of aryl methyl sites for hydroxylation is 1. The van der Waals surface area contributed by atoms with Crippen LogP contribution in [0.4, 0.5) is 0 Å². The Morgan fingerprint density at radius 1 is 1.45 bits per heavy atom. The molecule has 2 rings (SSSR count). The van der Waals surface area contributed by atoms with Gasteiger partial charge < -0.3 is 10.0 Å². The third-order valence-corrected chi connectivity index (χ3v) is 4.61. The van der Waals surface area contributed by atoms with Gasteiger partial charge in [-0.15, -0.1) is 0 Å².